The number of carbonyl (C=O) groups is 2. The number of aliphatic hydroxyl groups is 1. The summed E-state index contributed by atoms with van der Waals surface area (Å²) in [5.74, 6) is -0.815. The van der Waals surface area contributed by atoms with Gasteiger partial charge < -0.3 is 25.2 Å². The zero-order valence-corrected chi connectivity index (χ0v) is 17.2. The monoisotopic (exact) mass is 417 g/mol. The maximum atomic E-state index is 10.6. The van der Waals surface area contributed by atoms with E-state index in [0.29, 0.717) is 13.1 Å². The summed E-state index contributed by atoms with van der Waals surface area (Å²) in [5.41, 5.74) is 2.52. The average Bonchev–Trinajstić information content (AvgIpc) is 3.34. The van der Waals surface area contributed by atoms with E-state index in [1.807, 2.05) is 33.7 Å². The van der Waals surface area contributed by atoms with Crippen LogP contribution in [-0.2, 0) is 16.1 Å². The molecule has 10 nitrogen and oxygen atoms in total. The molecule has 0 aromatic carbocycles. The van der Waals surface area contributed by atoms with Crippen LogP contribution in [0.15, 0.2) is 36.9 Å². The molecule has 0 radical (unpaired) electrons. The first-order valence-corrected chi connectivity index (χ1v) is 9.39. The minimum Gasteiger partial charge on any atom is -0.481 e. The van der Waals surface area contributed by atoms with Gasteiger partial charge in [-0.25, -0.2) is 9.50 Å². The number of nitrogens with zero attached hydrogens (tertiary/aromatic N) is 4. The highest BCUT2D eigenvalue weighted by Gasteiger charge is 2.32. The van der Waals surface area contributed by atoms with Crippen LogP contribution >= 0.6 is 0 Å². The Labute approximate surface area is 173 Å². The van der Waals surface area contributed by atoms with Gasteiger partial charge in [0.2, 0.25) is 0 Å². The van der Waals surface area contributed by atoms with Crippen molar-refractivity contribution in [2.24, 2.45) is 0 Å². The summed E-state index contributed by atoms with van der Waals surface area (Å²) in [4.78, 5) is 22.5. The van der Waals surface area contributed by atoms with Crippen LogP contribution in [-0.4, -0.2) is 65.1 Å². The number of pyridine rings is 1. The normalized spacial score (nSPS) is 17.6. The second-order valence-electron chi connectivity index (χ2n) is 7.11. The zero-order valence-electron chi connectivity index (χ0n) is 17.2. The van der Waals surface area contributed by atoms with Gasteiger partial charge in [-0.15, -0.1) is 0 Å². The Balaban J connectivity index is 0.000000347. The number of β-amino-alcohol motifs (C(OH)–C–C–N with tert-alkyl or cyclic N) is 1. The molecular weight excluding hydrogens is 390 g/mol. The first kappa shape index (κ1) is 23.0. The zero-order chi connectivity index (χ0) is 22.3. The van der Waals surface area contributed by atoms with Crippen molar-refractivity contribution in [1.82, 2.24) is 24.5 Å². The van der Waals surface area contributed by atoms with Gasteiger partial charge in [0.25, 0.3) is 11.9 Å². The Morgan fingerprint density at radius 1 is 1.23 bits per heavy atom. The summed E-state index contributed by atoms with van der Waals surface area (Å²) in [6.07, 6.45) is 8.25. The molecule has 0 bridgehead atoms. The van der Waals surface area contributed by atoms with E-state index in [1.54, 1.807) is 6.20 Å². The number of carboxylic acids is 2. The Morgan fingerprint density at radius 2 is 1.90 bits per heavy atom. The molecule has 162 valence electrons. The van der Waals surface area contributed by atoms with Crippen molar-refractivity contribution in [2.45, 2.75) is 39.3 Å². The molecule has 30 heavy (non-hydrogen) atoms. The number of nitrogens with one attached hydrogen (secondary N) is 1. The standard InChI is InChI=1S/C16H19N5O.2C2H4O2/c1-12-3-2-7-21-14(12)13(9-19-21)15-18-6-8-20(15)11-16(22)4-5-17-10-16;2*1-2(3)4/h2-3,6-9,17,22H,4-5,10-11H2,1H3;2*1H3,(H,3,4). The Hall–Kier alpha value is -3.24. The van der Waals surface area contributed by atoms with E-state index in [4.69, 9.17) is 19.8 Å². The molecule has 0 saturated carbocycles. The summed E-state index contributed by atoms with van der Waals surface area (Å²) in [5, 5.41) is 33.1. The quantitative estimate of drug-likeness (QED) is 0.501. The average molecular weight is 417 g/mol. The number of fused-ring (bicyclic) bond motifs is 1. The summed E-state index contributed by atoms with van der Waals surface area (Å²) >= 11 is 0. The summed E-state index contributed by atoms with van der Waals surface area (Å²) in [6, 6.07) is 4.06. The van der Waals surface area contributed by atoms with Crippen LogP contribution < -0.4 is 5.32 Å². The number of hydrogen-bond donors (Lipinski definition) is 4. The number of rotatable bonds is 3. The first-order chi connectivity index (χ1) is 14.1. The fourth-order valence-corrected chi connectivity index (χ4v) is 3.24. The van der Waals surface area contributed by atoms with Gasteiger partial charge in [-0.3, -0.25) is 9.59 Å². The van der Waals surface area contributed by atoms with E-state index in [-0.39, 0.29) is 0 Å². The van der Waals surface area contributed by atoms with Crippen LogP contribution in [0.1, 0.15) is 25.8 Å². The van der Waals surface area contributed by atoms with Gasteiger partial charge in [0, 0.05) is 39.0 Å². The number of aryl methyl sites for hydroxylation is 1. The van der Waals surface area contributed by atoms with E-state index in [1.165, 1.54) is 0 Å². The molecule has 1 unspecified atom stereocenters. The topological polar surface area (TPSA) is 142 Å². The van der Waals surface area contributed by atoms with Crippen LogP contribution in [0, 0.1) is 6.92 Å². The minimum atomic E-state index is -0.833. The SMILES string of the molecule is CC(=O)O.CC(=O)O.Cc1cccn2ncc(-c3nccn3CC3(O)CCNC3)c12. The van der Waals surface area contributed by atoms with Gasteiger partial charge in [0.15, 0.2) is 0 Å². The van der Waals surface area contributed by atoms with Gasteiger partial charge >= 0.3 is 0 Å². The van der Waals surface area contributed by atoms with Crippen molar-refractivity contribution in [3.63, 3.8) is 0 Å². The van der Waals surface area contributed by atoms with E-state index >= 15 is 0 Å². The number of imidazole rings is 1. The van der Waals surface area contributed by atoms with Gasteiger partial charge in [-0.1, -0.05) is 6.07 Å². The lowest BCUT2D eigenvalue weighted by molar-refractivity contribution is -0.135. The maximum Gasteiger partial charge on any atom is 0.300 e. The third kappa shape index (κ3) is 6.13. The maximum absolute atomic E-state index is 10.6. The molecular formula is C20H27N5O5. The van der Waals surface area contributed by atoms with Crippen molar-refractivity contribution in [3.8, 4) is 11.4 Å². The Kier molecular flexibility index (Phi) is 7.67. The van der Waals surface area contributed by atoms with Crippen molar-refractivity contribution in [1.29, 1.82) is 0 Å². The molecule has 4 rings (SSSR count). The first-order valence-electron chi connectivity index (χ1n) is 9.39. The van der Waals surface area contributed by atoms with Crippen LogP contribution in [0.4, 0.5) is 0 Å². The molecule has 1 fully saturated rings. The van der Waals surface area contributed by atoms with E-state index < -0.39 is 17.5 Å². The molecule has 0 aliphatic carbocycles. The summed E-state index contributed by atoms with van der Waals surface area (Å²) in [7, 11) is 0. The van der Waals surface area contributed by atoms with Crippen LogP contribution in [0.3, 0.4) is 0 Å². The highest BCUT2D eigenvalue weighted by atomic mass is 16.4. The molecule has 1 saturated heterocycles. The molecule has 10 heteroatoms. The third-order valence-electron chi connectivity index (χ3n) is 4.38. The van der Waals surface area contributed by atoms with Crippen molar-refractivity contribution in [2.75, 3.05) is 13.1 Å². The van der Waals surface area contributed by atoms with Crippen LogP contribution in [0.2, 0.25) is 0 Å². The lowest BCUT2D eigenvalue weighted by Crippen LogP contribution is -2.36. The van der Waals surface area contributed by atoms with E-state index in [9.17, 15) is 5.11 Å². The van der Waals surface area contributed by atoms with Gasteiger partial charge in [0.05, 0.1) is 29.4 Å². The molecule has 1 aliphatic rings. The van der Waals surface area contributed by atoms with E-state index in [0.717, 1.165) is 49.3 Å². The number of carboxylic acid groups (broad SMARTS) is 2. The van der Waals surface area contributed by atoms with Crippen molar-refractivity contribution in [3.05, 3.63) is 42.5 Å². The number of hydrogen-bond acceptors (Lipinski definition) is 6. The van der Waals surface area contributed by atoms with Gasteiger partial charge in [-0.05, 0) is 31.5 Å². The predicted molar refractivity (Wildman–Crippen MR) is 110 cm³/mol. The Bertz CT molecular complexity index is 984. The molecule has 1 aliphatic heterocycles. The summed E-state index contributed by atoms with van der Waals surface area (Å²) in [6.45, 7) is 6.26. The second kappa shape index (κ2) is 9.99. The largest absolute Gasteiger partial charge is 0.481 e. The highest BCUT2D eigenvalue weighted by molar-refractivity contribution is 5.78. The predicted octanol–water partition coefficient (Wildman–Crippen LogP) is 1.41. The van der Waals surface area contributed by atoms with Gasteiger partial charge in [-0.2, -0.15) is 5.10 Å². The molecule has 4 N–H and O–H groups in total. The van der Waals surface area contributed by atoms with Crippen LogP contribution in [0.5, 0.6) is 0 Å². The van der Waals surface area contributed by atoms with Crippen molar-refractivity contribution >= 4 is 17.5 Å². The van der Waals surface area contributed by atoms with Crippen LogP contribution in [0.25, 0.3) is 16.9 Å². The lowest BCUT2D eigenvalue weighted by Gasteiger charge is -2.22. The fourth-order valence-electron chi connectivity index (χ4n) is 3.24. The molecule has 0 spiro atoms. The van der Waals surface area contributed by atoms with Crippen molar-refractivity contribution < 1.29 is 24.9 Å². The second-order valence-corrected chi connectivity index (χ2v) is 7.11. The minimum absolute atomic E-state index is 0.540. The summed E-state index contributed by atoms with van der Waals surface area (Å²) < 4.78 is 3.89. The molecule has 0 amide bonds. The molecule has 4 heterocycles. The number of aromatic nitrogens is 4. The number of aliphatic carboxylic acids is 2. The molecule has 3 aromatic rings. The highest BCUT2D eigenvalue weighted by Crippen LogP contribution is 2.27. The smallest absolute Gasteiger partial charge is 0.300 e. The van der Waals surface area contributed by atoms with E-state index in [2.05, 4.69) is 28.4 Å². The molecule has 3 aromatic heterocycles. The lowest BCUT2D eigenvalue weighted by atomic mass is 10.0. The molecule has 1 atom stereocenters. The fraction of sp³-hybridized carbons (Fsp3) is 0.400. The van der Waals surface area contributed by atoms with Gasteiger partial charge in [0.1, 0.15) is 5.82 Å². The Morgan fingerprint density at radius 3 is 2.50 bits per heavy atom. The third-order valence-corrected chi connectivity index (χ3v) is 4.38.